The van der Waals surface area contributed by atoms with Gasteiger partial charge < -0.3 is 24.4 Å². The highest BCUT2D eigenvalue weighted by atomic mass is 35.5. The minimum absolute atomic E-state index is 0.146. The second-order valence-corrected chi connectivity index (χ2v) is 8.33. The first-order chi connectivity index (χ1) is 16.4. The molecule has 1 aliphatic rings. The quantitative estimate of drug-likeness (QED) is 0.542. The van der Waals surface area contributed by atoms with Crippen LogP contribution < -0.4 is 19.5 Å². The van der Waals surface area contributed by atoms with Crippen LogP contribution in [0.4, 0.5) is 5.69 Å². The molecule has 1 atom stereocenters. The van der Waals surface area contributed by atoms with E-state index in [9.17, 15) is 9.59 Å². The summed E-state index contributed by atoms with van der Waals surface area (Å²) in [4.78, 5) is 27.4. The van der Waals surface area contributed by atoms with Gasteiger partial charge in [-0.05, 0) is 55.5 Å². The molecule has 4 rings (SSSR count). The van der Waals surface area contributed by atoms with Gasteiger partial charge in [0.15, 0.2) is 17.6 Å². The molecule has 8 heteroatoms. The molecular weight excluding hydrogens is 456 g/mol. The molecule has 1 unspecified atom stereocenters. The Morgan fingerprint density at radius 2 is 1.88 bits per heavy atom. The molecule has 0 fully saturated rings. The lowest BCUT2D eigenvalue weighted by molar-refractivity contribution is -0.138. The summed E-state index contributed by atoms with van der Waals surface area (Å²) < 4.78 is 16.8. The van der Waals surface area contributed by atoms with Crippen molar-refractivity contribution in [1.82, 2.24) is 4.90 Å². The number of rotatable bonds is 6. The molecule has 0 radical (unpaired) electrons. The first-order valence-electron chi connectivity index (χ1n) is 10.7. The first kappa shape index (κ1) is 23.4. The Morgan fingerprint density at radius 1 is 1.12 bits per heavy atom. The Balaban J connectivity index is 1.59. The fourth-order valence-electron chi connectivity index (χ4n) is 3.90. The van der Waals surface area contributed by atoms with E-state index in [0.717, 1.165) is 11.1 Å². The molecule has 0 bridgehead atoms. The Hall–Kier alpha value is -3.71. The van der Waals surface area contributed by atoms with Gasteiger partial charge >= 0.3 is 0 Å². The van der Waals surface area contributed by atoms with Gasteiger partial charge in [0.2, 0.25) is 0 Å². The molecule has 34 heavy (non-hydrogen) atoms. The molecule has 1 aliphatic heterocycles. The fraction of sp³-hybridized carbons (Fsp3) is 0.231. The van der Waals surface area contributed by atoms with Crippen LogP contribution in [0.3, 0.4) is 0 Å². The molecule has 1 N–H and O–H groups in total. The maximum Gasteiger partial charge on any atom is 0.263 e. The third-order valence-corrected chi connectivity index (χ3v) is 5.85. The van der Waals surface area contributed by atoms with Gasteiger partial charge in [-0.25, -0.2) is 0 Å². The highest BCUT2D eigenvalue weighted by molar-refractivity contribution is 6.30. The molecule has 2 amide bonds. The van der Waals surface area contributed by atoms with Crippen molar-refractivity contribution in [3.05, 3.63) is 82.4 Å². The van der Waals surface area contributed by atoms with E-state index in [1.54, 1.807) is 62.4 Å². The maximum absolute atomic E-state index is 13.1. The van der Waals surface area contributed by atoms with Crippen molar-refractivity contribution >= 4 is 29.1 Å². The van der Waals surface area contributed by atoms with E-state index in [0.29, 0.717) is 46.6 Å². The van der Waals surface area contributed by atoms with E-state index in [2.05, 4.69) is 5.32 Å². The van der Waals surface area contributed by atoms with Gasteiger partial charge in [0.05, 0.1) is 14.2 Å². The Kier molecular flexibility index (Phi) is 6.93. The average Bonchev–Trinajstić information content (AvgIpc) is 2.95. The number of halogens is 1. The summed E-state index contributed by atoms with van der Waals surface area (Å²) >= 11 is 5.91. The summed E-state index contributed by atoms with van der Waals surface area (Å²) in [7, 11) is 3.15. The van der Waals surface area contributed by atoms with Crippen LogP contribution in [0.1, 0.15) is 28.4 Å². The normalized spacial score (nSPS) is 15.1. The van der Waals surface area contributed by atoms with Gasteiger partial charge in [0, 0.05) is 40.5 Å². The predicted octanol–water partition coefficient (Wildman–Crippen LogP) is 4.92. The number of hydrogen-bond donors (Lipinski definition) is 1. The molecule has 0 aliphatic carbocycles. The molecule has 0 saturated carbocycles. The Labute approximate surface area is 203 Å². The molecule has 0 spiro atoms. The van der Waals surface area contributed by atoms with Crippen LogP contribution >= 0.6 is 11.6 Å². The number of hydrogen-bond acceptors (Lipinski definition) is 5. The standard InChI is InChI=1S/C26H25ClN2O5/c1-16-26(31)29(14-18-5-4-6-23(32-2)24(18)33-3)15-19-13-21(11-12-22(19)34-16)28-25(30)17-7-9-20(27)10-8-17/h4-13,16H,14-15H2,1-3H3,(H,28,30). The van der Waals surface area contributed by atoms with Crippen LogP contribution in [0.2, 0.25) is 5.02 Å². The monoisotopic (exact) mass is 480 g/mol. The number of amides is 2. The van der Waals surface area contributed by atoms with Crippen molar-refractivity contribution < 1.29 is 23.8 Å². The largest absolute Gasteiger partial charge is 0.493 e. The second kappa shape index (κ2) is 10.1. The van der Waals surface area contributed by atoms with Crippen LogP contribution in [0.15, 0.2) is 60.7 Å². The minimum atomic E-state index is -0.660. The zero-order valence-corrected chi connectivity index (χ0v) is 19.9. The van der Waals surface area contributed by atoms with E-state index >= 15 is 0 Å². The average molecular weight is 481 g/mol. The molecule has 176 valence electrons. The predicted molar refractivity (Wildman–Crippen MR) is 130 cm³/mol. The number of anilines is 1. The van der Waals surface area contributed by atoms with E-state index in [1.807, 2.05) is 24.3 Å². The number of carbonyl (C=O) groups excluding carboxylic acids is 2. The summed E-state index contributed by atoms with van der Waals surface area (Å²) in [5.74, 6) is 1.38. The van der Waals surface area contributed by atoms with Crippen molar-refractivity contribution in [2.24, 2.45) is 0 Å². The highest BCUT2D eigenvalue weighted by Crippen LogP contribution is 2.34. The zero-order valence-electron chi connectivity index (χ0n) is 19.1. The highest BCUT2D eigenvalue weighted by Gasteiger charge is 2.29. The first-order valence-corrected chi connectivity index (χ1v) is 11.1. The van der Waals surface area contributed by atoms with E-state index in [1.165, 1.54) is 0 Å². The Bertz CT molecular complexity index is 1210. The van der Waals surface area contributed by atoms with Gasteiger partial charge in [-0.3, -0.25) is 9.59 Å². The summed E-state index contributed by atoms with van der Waals surface area (Å²) in [6, 6.07) is 17.6. The fourth-order valence-corrected chi connectivity index (χ4v) is 4.03. The number of nitrogens with zero attached hydrogens (tertiary/aromatic N) is 1. The van der Waals surface area contributed by atoms with Gasteiger partial charge in [-0.2, -0.15) is 0 Å². The second-order valence-electron chi connectivity index (χ2n) is 7.89. The lowest BCUT2D eigenvalue weighted by atomic mass is 10.1. The van der Waals surface area contributed by atoms with Crippen LogP contribution in [0.25, 0.3) is 0 Å². The number of nitrogens with one attached hydrogen (secondary N) is 1. The van der Waals surface area contributed by atoms with Crippen LogP contribution in [-0.2, 0) is 17.9 Å². The summed E-state index contributed by atoms with van der Waals surface area (Å²) in [6.45, 7) is 2.35. The zero-order chi connectivity index (χ0) is 24.2. The lowest BCUT2D eigenvalue weighted by Gasteiger charge is -2.24. The van der Waals surface area contributed by atoms with Gasteiger partial charge in [0.1, 0.15) is 5.75 Å². The topological polar surface area (TPSA) is 77.1 Å². The molecule has 3 aromatic carbocycles. The molecule has 0 saturated heterocycles. The van der Waals surface area contributed by atoms with Crippen LogP contribution in [0.5, 0.6) is 17.2 Å². The molecule has 7 nitrogen and oxygen atoms in total. The smallest absolute Gasteiger partial charge is 0.263 e. The number of para-hydroxylation sites is 1. The van der Waals surface area contributed by atoms with Crippen molar-refractivity contribution in [1.29, 1.82) is 0 Å². The van der Waals surface area contributed by atoms with E-state index in [-0.39, 0.29) is 11.8 Å². The number of benzene rings is 3. The molecule has 0 aromatic heterocycles. The van der Waals surface area contributed by atoms with E-state index < -0.39 is 6.10 Å². The maximum atomic E-state index is 13.1. The molecule has 1 heterocycles. The van der Waals surface area contributed by atoms with Crippen LogP contribution in [0, 0.1) is 0 Å². The molecular formula is C26H25ClN2O5. The summed E-state index contributed by atoms with van der Waals surface area (Å²) in [5, 5.41) is 3.45. The third-order valence-electron chi connectivity index (χ3n) is 5.59. The van der Waals surface area contributed by atoms with Crippen LogP contribution in [-0.4, -0.2) is 37.0 Å². The van der Waals surface area contributed by atoms with Gasteiger partial charge in [-0.1, -0.05) is 23.7 Å². The van der Waals surface area contributed by atoms with Crippen molar-refractivity contribution in [3.63, 3.8) is 0 Å². The van der Waals surface area contributed by atoms with Crippen molar-refractivity contribution in [3.8, 4) is 17.2 Å². The van der Waals surface area contributed by atoms with Gasteiger partial charge in [0.25, 0.3) is 11.8 Å². The number of methoxy groups -OCH3 is 2. The molecule has 3 aromatic rings. The van der Waals surface area contributed by atoms with Crippen molar-refractivity contribution in [2.45, 2.75) is 26.1 Å². The number of carbonyl (C=O) groups is 2. The van der Waals surface area contributed by atoms with Crippen molar-refractivity contribution in [2.75, 3.05) is 19.5 Å². The number of ether oxygens (including phenoxy) is 3. The number of fused-ring (bicyclic) bond motifs is 1. The summed E-state index contributed by atoms with van der Waals surface area (Å²) in [6.07, 6.45) is -0.660. The van der Waals surface area contributed by atoms with Gasteiger partial charge in [-0.15, -0.1) is 0 Å². The third kappa shape index (κ3) is 4.94. The van der Waals surface area contributed by atoms with E-state index in [4.69, 9.17) is 25.8 Å². The SMILES string of the molecule is COc1cccc(CN2Cc3cc(NC(=O)c4ccc(Cl)cc4)ccc3OC(C)C2=O)c1OC. The minimum Gasteiger partial charge on any atom is -0.493 e. The Morgan fingerprint density at radius 3 is 2.59 bits per heavy atom. The lowest BCUT2D eigenvalue weighted by Crippen LogP contribution is -2.37. The summed E-state index contributed by atoms with van der Waals surface area (Å²) in [5.41, 5.74) is 2.70.